The molecule has 0 fully saturated rings. The van der Waals surface area contributed by atoms with Crippen molar-refractivity contribution >= 4 is 26.7 Å². The lowest BCUT2D eigenvalue weighted by atomic mass is 10.0. The van der Waals surface area contributed by atoms with Crippen LogP contribution in [-0.2, 0) is 0 Å². The molecule has 0 N–H and O–H groups in total. The molecule has 0 heterocycles. The van der Waals surface area contributed by atoms with Crippen molar-refractivity contribution in [1.29, 1.82) is 10.5 Å². The standard InChI is InChI=1S/C12H5BrN2/c13-12-2-1-8-3-10(6-14)11(7-15)4-9(8)5-12/h1-5H. The fourth-order valence-corrected chi connectivity index (χ4v) is 1.83. The van der Waals surface area contributed by atoms with Crippen molar-refractivity contribution < 1.29 is 0 Å². The molecule has 2 aromatic carbocycles. The third kappa shape index (κ3) is 1.70. The summed E-state index contributed by atoms with van der Waals surface area (Å²) < 4.78 is 0.962. The largest absolute Gasteiger partial charge is 0.192 e. The fourth-order valence-electron chi connectivity index (χ4n) is 1.45. The highest BCUT2D eigenvalue weighted by molar-refractivity contribution is 9.10. The lowest BCUT2D eigenvalue weighted by Crippen LogP contribution is -1.84. The van der Waals surface area contributed by atoms with Gasteiger partial charge in [-0.25, -0.2) is 0 Å². The minimum atomic E-state index is 0.420. The Morgan fingerprint density at radius 1 is 0.867 bits per heavy atom. The molecular weight excluding hydrogens is 252 g/mol. The van der Waals surface area contributed by atoms with Gasteiger partial charge in [0, 0.05) is 4.47 Å². The van der Waals surface area contributed by atoms with Crippen LogP contribution < -0.4 is 0 Å². The minimum absolute atomic E-state index is 0.420. The Labute approximate surface area is 95.5 Å². The van der Waals surface area contributed by atoms with E-state index >= 15 is 0 Å². The normalized spacial score (nSPS) is 9.53. The van der Waals surface area contributed by atoms with Gasteiger partial charge in [0.1, 0.15) is 12.1 Å². The number of nitrogens with zero attached hydrogens (tertiary/aromatic N) is 2. The molecule has 0 aromatic heterocycles. The summed E-state index contributed by atoms with van der Waals surface area (Å²) in [6, 6.07) is 13.3. The first-order valence-electron chi connectivity index (χ1n) is 4.28. The van der Waals surface area contributed by atoms with Gasteiger partial charge in [-0.2, -0.15) is 10.5 Å². The van der Waals surface area contributed by atoms with Gasteiger partial charge < -0.3 is 0 Å². The van der Waals surface area contributed by atoms with Gasteiger partial charge in [-0.1, -0.05) is 22.0 Å². The van der Waals surface area contributed by atoms with Crippen molar-refractivity contribution in [3.63, 3.8) is 0 Å². The summed E-state index contributed by atoms with van der Waals surface area (Å²) in [5, 5.41) is 19.6. The van der Waals surface area contributed by atoms with Gasteiger partial charge in [-0.3, -0.25) is 0 Å². The molecule has 15 heavy (non-hydrogen) atoms. The molecule has 2 rings (SSSR count). The monoisotopic (exact) mass is 256 g/mol. The van der Waals surface area contributed by atoms with E-state index in [-0.39, 0.29) is 0 Å². The lowest BCUT2D eigenvalue weighted by Gasteiger charge is -2.00. The first kappa shape index (κ1) is 9.71. The summed E-state index contributed by atoms with van der Waals surface area (Å²) in [4.78, 5) is 0. The van der Waals surface area contributed by atoms with Crippen LogP contribution in [-0.4, -0.2) is 0 Å². The highest BCUT2D eigenvalue weighted by Crippen LogP contribution is 2.23. The first-order chi connectivity index (χ1) is 7.24. The van der Waals surface area contributed by atoms with Crippen molar-refractivity contribution in [3.8, 4) is 12.1 Å². The molecule has 0 saturated carbocycles. The smallest absolute Gasteiger partial charge is 0.101 e. The number of hydrogen-bond donors (Lipinski definition) is 0. The maximum atomic E-state index is 8.87. The van der Waals surface area contributed by atoms with Gasteiger partial charge in [0.25, 0.3) is 0 Å². The Morgan fingerprint density at radius 3 is 2.07 bits per heavy atom. The quantitative estimate of drug-likeness (QED) is 0.726. The van der Waals surface area contributed by atoms with Crippen molar-refractivity contribution in [2.45, 2.75) is 0 Å². The molecule has 70 valence electrons. The van der Waals surface area contributed by atoms with Crippen LogP contribution in [0.5, 0.6) is 0 Å². The summed E-state index contributed by atoms with van der Waals surface area (Å²) in [6.07, 6.45) is 0. The second kappa shape index (κ2) is 3.73. The lowest BCUT2D eigenvalue weighted by molar-refractivity contribution is 1.44. The zero-order chi connectivity index (χ0) is 10.8. The van der Waals surface area contributed by atoms with Crippen molar-refractivity contribution in [2.24, 2.45) is 0 Å². The van der Waals surface area contributed by atoms with E-state index in [2.05, 4.69) is 15.9 Å². The topological polar surface area (TPSA) is 47.6 Å². The molecule has 0 aliphatic carbocycles. The van der Waals surface area contributed by atoms with Gasteiger partial charge >= 0.3 is 0 Å². The van der Waals surface area contributed by atoms with Crippen molar-refractivity contribution in [2.75, 3.05) is 0 Å². The van der Waals surface area contributed by atoms with Crippen LogP contribution in [0.2, 0.25) is 0 Å². The summed E-state index contributed by atoms with van der Waals surface area (Å²) in [7, 11) is 0. The second-order valence-electron chi connectivity index (χ2n) is 3.11. The van der Waals surface area contributed by atoms with Crippen LogP contribution >= 0.6 is 15.9 Å². The summed E-state index contributed by atoms with van der Waals surface area (Å²) >= 11 is 3.37. The predicted octanol–water partition coefficient (Wildman–Crippen LogP) is 3.35. The van der Waals surface area contributed by atoms with Crippen LogP contribution in [0.1, 0.15) is 11.1 Å². The van der Waals surface area contributed by atoms with E-state index in [9.17, 15) is 0 Å². The average Bonchev–Trinajstić information content (AvgIpc) is 2.27. The zero-order valence-corrected chi connectivity index (χ0v) is 9.25. The molecule has 0 saturated heterocycles. The van der Waals surface area contributed by atoms with Crippen LogP contribution in [0.15, 0.2) is 34.8 Å². The maximum Gasteiger partial charge on any atom is 0.101 e. The van der Waals surface area contributed by atoms with E-state index in [1.807, 2.05) is 30.3 Å². The summed E-state index contributed by atoms with van der Waals surface area (Å²) in [5.41, 5.74) is 0.843. The summed E-state index contributed by atoms with van der Waals surface area (Å²) in [5.74, 6) is 0. The number of hydrogen-bond acceptors (Lipinski definition) is 2. The van der Waals surface area contributed by atoms with Crippen LogP contribution in [0, 0.1) is 22.7 Å². The Hall–Kier alpha value is -1.84. The van der Waals surface area contributed by atoms with E-state index in [4.69, 9.17) is 10.5 Å². The third-order valence-corrected chi connectivity index (χ3v) is 2.67. The molecule has 0 spiro atoms. The van der Waals surface area contributed by atoms with E-state index in [0.717, 1.165) is 15.2 Å². The van der Waals surface area contributed by atoms with Gasteiger partial charge in [0.05, 0.1) is 11.1 Å². The highest BCUT2D eigenvalue weighted by Gasteiger charge is 2.03. The Bertz CT molecular complexity index is 618. The Balaban J connectivity index is 2.84. The van der Waals surface area contributed by atoms with Gasteiger partial charge in [-0.15, -0.1) is 0 Å². The molecule has 0 aliphatic heterocycles. The minimum Gasteiger partial charge on any atom is -0.192 e. The van der Waals surface area contributed by atoms with Crippen LogP contribution in [0.4, 0.5) is 0 Å². The van der Waals surface area contributed by atoms with E-state index in [1.165, 1.54) is 0 Å². The molecule has 2 aromatic rings. The number of benzene rings is 2. The summed E-state index contributed by atoms with van der Waals surface area (Å²) in [6.45, 7) is 0. The molecule has 0 bridgehead atoms. The van der Waals surface area contributed by atoms with Crippen LogP contribution in [0.3, 0.4) is 0 Å². The maximum absolute atomic E-state index is 8.87. The SMILES string of the molecule is N#Cc1cc2ccc(Br)cc2cc1C#N. The highest BCUT2D eigenvalue weighted by atomic mass is 79.9. The number of nitriles is 2. The molecule has 0 amide bonds. The molecule has 0 radical (unpaired) electrons. The van der Waals surface area contributed by atoms with Crippen molar-refractivity contribution in [1.82, 2.24) is 0 Å². The second-order valence-corrected chi connectivity index (χ2v) is 4.03. The predicted molar refractivity (Wildman–Crippen MR) is 61.1 cm³/mol. The van der Waals surface area contributed by atoms with Gasteiger partial charge in [0.15, 0.2) is 0 Å². The molecular formula is C12H5BrN2. The molecule has 3 heteroatoms. The Kier molecular flexibility index (Phi) is 2.41. The van der Waals surface area contributed by atoms with Crippen LogP contribution in [0.25, 0.3) is 10.8 Å². The number of rotatable bonds is 0. The van der Waals surface area contributed by atoms with Gasteiger partial charge in [-0.05, 0) is 35.0 Å². The van der Waals surface area contributed by atoms with E-state index in [1.54, 1.807) is 12.1 Å². The first-order valence-corrected chi connectivity index (χ1v) is 5.07. The number of fused-ring (bicyclic) bond motifs is 1. The number of halogens is 1. The molecule has 0 aliphatic rings. The third-order valence-electron chi connectivity index (χ3n) is 2.18. The van der Waals surface area contributed by atoms with E-state index in [0.29, 0.717) is 11.1 Å². The zero-order valence-electron chi connectivity index (χ0n) is 7.66. The van der Waals surface area contributed by atoms with Gasteiger partial charge in [0.2, 0.25) is 0 Å². The molecule has 0 unspecified atom stereocenters. The van der Waals surface area contributed by atoms with E-state index < -0.39 is 0 Å². The molecule has 0 atom stereocenters. The Morgan fingerprint density at radius 2 is 1.47 bits per heavy atom. The average molecular weight is 257 g/mol. The molecule has 2 nitrogen and oxygen atoms in total. The fraction of sp³-hybridized carbons (Fsp3) is 0. The van der Waals surface area contributed by atoms with Crippen molar-refractivity contribution in [3.05, 3.63) is 45.9 Å².